The number of hydrogen-bond donors (Lipinski definition) is 5. The molecular formula is C39H49NO6. The Kier molecular flexibility index (Phi) is 7.97. The standard InChI is InChI=1S/C39H49NO6/c1-21(11-14-34(44)40-31-10-6-9-26-27(31)17-22-7-4-5-8-25(22)35(26)37(45)46)28-12-13-29-36-30(20-33(43)39(28,29)3)38(2)16-15-24(41)18-23(38)19-32(36)42/h4-10,17,21,23-24,28-30,32-33,36,41-43H,11-16,18-20H2,1-3H3,(H,40,44)(H,45,46)/t21?,23?,24-,28-,29?,30?,32-,33+,36?,38+,39-/m1/s1. The van der Waals surface area contributed by atoms with Crippen molar-refractivity contribution >= 4 is 39.1 Å². The van der Waals surface area contributed by atoms with Gasteiger partial charge >= 0.3 is 5.97 Å². The van der Waals surface area contributed by atoms with E-state index in [4.69, 9.17) is 0 Å². The van der Waals surface area contributed by atoms with Gasteiger partial charge in [0, 0.05) is 17.5 Å². The highest BCUT2D eigenvalue weighted by Gasteiger charge is 2.65. The van der Waals surface area contributed by atoms with Crippen LogP contribution in [0.15, 0.2) is 48.5 Å². The molecule has 0 spiro atoms. The Morgan fingerprint density at radius 1 is 0.913 bits per heavy atom. The maximum Gasteiger partial charge on any atom is 0.336 e. The Hall–Kier alpha value is -3.00. The van der Waals surface area contributed by atoms with Crippen LogP contribution in [-0.4, -0.2) is 50.6 Å². The van der Waals surface area contributed by atoms with Crippen LogP contribution >= 0.6 is 0 Å². The monoisotopic (exact) mass is 627 g/mol. The molecule has 7 rings (SSSR count). The third-order valence-corrected chi connectivity index (χ3v) is 13.7. The first-order valence-electron chi connectivity index (χ1n) is 17.4. The van der Waals surface area contributed by atoms with Crippen molar-refractivity contribution in [3.05, 3.63) is 54.1 Å². The second-order valence-corrected chi connectivity index (χ2v) is 15.8. The lowest BCUT2D eigenvalue weighted by molar-refractivity contribution is -0.207. The van der Waals surface area contributed by atoms with Crippen molar-refractivity contribution < 1.29 is 30.0 Å². The molecule has 5 N–H and O–H groups in total. The van der Waals surface area contributed by atoms with Crippen LogP contribution < -0.4 is 5.32 Å². The molecule has 0 heterocycles. The van der Waals surface area contributed by atoms with Crippen LogP contribution in [0, 0.1) is 46.3 Å². The highest BCUT2D eigenvalue weighted by Crippen LogP contribution is 2.68. The first-order valence-corrected chi connectivity index (χ1v) is 17.4. The van der Waals surface area contributed by atoms with Crippen molar-refractivity contribution in [2.45, 2.75) is 96.9 Å². The number of nitrogens with one attached hydrogen (secondary N) is 1. The highest BCUT2D eigenvalue weighted by molar-refractivity contribution is 6.19. The molecular weight excluding hydrogens is 578 g/mol. The zero-order valence-electron chi connectivity index (χ0n) is 27.3. The van der Waals surface area contributed by atoms with E-state index in [0.717, 1.165) is 43.9 Å². The van der Waals surface area contributed by atoms with Crippen LogP contribution in [0.4, 0.5) is 5.69 Å². The first kappa shape index (κ1) is 31.6. The van der Waals surface area contributed by atoms with Gasteiger partial charge in [0.05, 0.1) is 23.9 Å². The smallest absolute Gasteiger partial charge is 0.336 e. The average Bonchev–Trinajstić information content (AvgIpc) is 3.38. The molecule has 1 amide bonds. The fourth-order valence-corrected chi connectivity index (χ4v) is 11.3. The van der Waals surface area contributed by atoms with E-state index in [-0.39, 0.29) is 58.0 Å². The molecule has 7 heteroatoms. The van der Waals surface area contributed by atoms with Gasteiger partial charge in [0.1, 0.15) is 0 Å². The predicted octanol–water partition coefficient (Wildman–Crippen LogP) is 7.01. The number of hydrogen-bond acceptors (Lipinski definition) is 5. The second kappa shape index (κ2) is 11.6. The second-order valence-electron chi connectivity index (χ2n) is 15.8. The number of anilines is 1. The van der Waals surface area contributed by atoms with Gasteiger partial charge in [-0.15, -0.1) is 0 Å². The average molecular weight is 628 g/mol. The van der Waals surface area contributed by atoms with Crippen molar-refractivity contribution in [3.8, 4) is 0 Å². The van der Waals surface area contributed by atoms with Crippen molar-refractivity contribution in [2.24, 2.45) is 46.3 Å². The number of aromatic carboxylic acids is 1. The Morgan fingerprint density at radius 2 is 1.67 bits per heavy atom. The summed E-state index contributed by atoms with van der Waals surface area (Å²) in [6.45, 7) is 6.82. The van der Waals surface area contributed by atoms with Crippen LogP contribution in [0.3, 0.4) is 0 Å². The normalized spacial score (nSPS) is 37.7. The Morgan fingerprint density at radius 3 is 2.46 bits per heavy atom. The number of fused-ring (bicyclic) bond motifs is 7. The van der Waals surface area contributed by atoms with E-state index in [1.54, 1.807) is 12.1 Å². The van der Waals surface area contributed by atoms with Crippen molar-refractivity contribution in [1.82, 2.24) is 0 Å². The van der Waals surface area contributed by atoms with Gasteiger partial charge in [-0.1, -0.05) is 57.2 Å². The zero-order valence-corrected chi connectivity index (χ0v) is 27.3. The fourth-order valence-electron chi connectivity index (χ4n) is 11.3. The zero-order chi connectivity index (χ0) is 32.5. The summed E-state index contributed by atoms with van der Waals surface area (Å²) >= 11 is 0. The molecule has 0 saturated heterocycles. The number of amides is 1. The molecule has 4 aliphatic carbocycles. The van der Waals surface area contributed by atoms with Crippen molar-refractivity contribution in [2.75, 3.05) is 5.32 Å². The van der Waals surface area contributed by atoms with Gasteiger partial charge in [0.2, 0.25) is 5.91 Å². The third-order valence-electron chi connectivity index (χ3n) is 13.7. The Bertz CT molecular complexity index is 1670. The summed E-state index contributed by atoms with van der Waals surface area (Å²) in [5.41, 5.74) is 0.591. The van der Waals surface area contributed by atoms with E-state index < -0.39 is 18.2 Å². The van der Waals surface area contributed by atoms with Crippen molar-refractivity contribution in [1.29, 1.82) is 0 Å². The van der Waals surface area contributed by atoms with Crippen LogP contribution in [0.2, 0.25) is 0 Å². The van der Waals surface area contributed by atoms with Gasteiger partial charge in [-0.05, 0) is 126 Å². The molecule has 3 aromatic rings. The lowest BCUT2D eigenvalue weighted by Crippen LogP contribution is -2.62. The van der Waals surface area contributed by atoms with Gasteiger partial charge < -0.3 is 25.7 Å². The molecule has 11 atom stereocenters. The van der Waals surface area contributed by atoms with E-state index in [1.165, 1.54) is 0 Å². The minimum absolute atomic E-state index is 0.0480. The summed E-state index contributed by atoms with van der Waals surface area (Å²) in [6.07, 6.45) is 5.85. The van der Waals surface area contributed by atoms with Crippen molar-refractivity contribution in [3.63, 3.8) is 0 Å². The molecule has 3 aromatic carbocycles. The van der Waals surface area contributed by atoms with Crippen LogP contribution in [0.5, 0.6) is 0 Å². The van der Waals surface area contributed by atoms with Gasteiger partial charge in [-0.2, -0.15) is 0 Å². The van der Waals surface area contributed by atoms with E-state index in [1.807, 2.05) is 36.4 Å². The Labute approximate surface area is 271 Å². The van der Waals surface area contributed by atoms with E-state index in [0.29, 0.717) is 47.0 Å². The van der Waals surface area contributed by atoms with Crippen LogP contribution in [-0.2, 0) is 4.79 Å². The van der Waals surface area contributed by atoms with Gasteiger partial charge in [0.25, 0.3) is 0 Å². The molecule has 4 fully saturated rings. The predicted molar refractivity (Wildman–Crippen MR) is 179 cm³/mol. The maximum atomic E-state index is 13.4. The lowest BCUT2D eigenvalue weighted by atomic mass is 9.43. The number of rotatable bonds is 6. The molecule has 4 aliphatic rings. The van der Waals surface area contributed by atoms with Crippen LogP contribution in [0.25, 0.3) is 21.5 Å². The summed E-state index contributed by atoms with van der Waals surface area (Å²) in [4.78, 5) is 25.7. The quantitative estimate of drug-likeness (QED) is 0.187. The van der Waals surface area contributed by atoms with Crippen LogP contribution in [0.1, 0.15) is 88.9 Å². The fraction of sp³-hybridized carbons (Fsp3) is 0.590. The third kappa shape index (κ3) is 4.88. The summed E-state index contributed by atoms with van der Waals surface area (Å²) in [5, 5.41) is 49.8. The number of carbonyl (C=O) groups is 2. The molecule has 46 heavy (non-hydrogen) atoms. The van der Waals surface area contributed by atoms with E-state index >= 15 is 0 Å². The van der Waals surface area contributed by atoms with Gasteiger partial charge in [-0.25, -0.2) is 4.79 Å². The number of aliphatic hydroxyl groups is 3. The maximum absolute atomic E-state index is 13.4. The van der Waals surface area contributed by atoms with Gasteiger partial charge in [-0.3, -0.25) is 4.79 Å². The molecule has 0 aromatic heterocycles. The largest absolute Gasteiger partial charge is 0.478 e. The first-order chi connectivity index (χ1) is 21.9. The molecule has 0 radical (unpaired) electrons. The number of benzene rings is 3. The minimum Gasteiger partial charge on any atom is -0.478 e. The summed E-state index contributed by atoms with van der Waals surface area (Å²) in [6, 6.07) is 14.8. The molecule has 0 aliphatic heterocycles. The number of carboxylic acid groups (broad SMARTS) is 1. The summed E-state index contributed by atoms with van der Waals surface area (Å²) < 4.78 is 0. The number of carboxylic acids is 1. The molecule has 5 unspecified atom stereocenters. The molecule has 4 saturated carbocycles. The molecule has 7 nitrogen and oxygen atoms in total. The molecule has 0 bridgehead atoms. The summed E-state index contributed by atoms with van der Waals surface area (Å²) in [5.74, 6) is 0.362. The SMILES string of the molecule is CC(CCC(=O)Nc1cccc2c(C(=O)O)c3ccccc3cc12)[C@H]1CCC2C3C(C[C@H](O)[C@@]21C)[C@@]1(C)CC[C@@H](O)CC1C[C@H]3O. The van der Waals surface area contributed by atoms with E-state index in [2.05, 4.69) is 26.1 Å². The summed E-state index contributed by atoms with van der Waals surface area (Å²) in [7, 11) is 0. The minimum atomic E-state index is -0.995. The molecule has 246 valence electrons. The van der Waals surface area contributed by atoms with E-state index in [9.17, 15) is 30.0 Å². The highest BCUT2D eigenvalue weighted by atomic mass is 16.4. The number of aliphatic hydroxyl groups excluding tert-OH is 3. The lowest BCUT2D eigenvalue weighted by Gasteiger charge is -2.63. The number of carbonyl (C=O) groups excluding carboxylic acids is 1. The topological polar surface area (TPSA) is 127 Å². The van der Waals surface area contributed by atoms with Gasteiger partial charge in [0.15, 0.2) is 0 Å². The Balaban J connectivity index is 1.07.